The van der Waals surface area contributed by atoms with Crippen LogP contribution in [-0.4, -0.2) is 49.8 Å². The molecule has 2 heterocycles. The number of piperazine rings is 1. The lowest BCUT2D eigenvalue weighted by Crippen LogP contribution is -2.57. The average Bonchev–Trinajstić information content (AvgIpc) is 2.49. The van der Waals surface area contributed by atoms with Crippen molar-refractivity contribution in [3.8, 4) is 0 Å². The van der Waals surface area contributed by atoms with Gasteiger partial charge in [-0.05, 0) is 31.6 Å². The molecule has 1 saturated carbocycles. The molecule has 3 aliphatic rings. The molecular weight excluding hydrogens is 224 g/mol. The van der Waals surface area contributed by atoms with E-state index in [1.54, 1.807) is 0 Å². The van der Waals surface area contributed by atoms with Gasteiger partial charge in [0.05, 0.1) is 6.61 Å². The van der Waals surface area contributed by atoms with Crippen LogP contribution >= 0.6 is 0 Å². The van der Waals surface area contributed by atoms with E-state index in [2.05, 4.69) is 10.2 Å². The Bertz CT molecular complexity index is 223. The van der Waals surface area contributed by atoms with Gasteiger partial charge in [0.15, 0.2) is 0 Å². The topological polar surface area (TPSA) is 24.5 Å². The Labute approximate surface area is 111 Å². The van der Waals surface area contributed by atoms with Crippen molar-refractivity contribution in [3.05, 3.63) is 0 Å². The largest absolute Gasteiger partial charge is 0.380 e. The molecule has 0 aromatic heterocycles. The molecule has 3 fully saturated rings. The van der Waals surface area contributed by atoms with Gasteiger partial charge in [0.2, 0.25) is 0 Å². The van der Waals surface area contributed by atoms with Gasteiger partial charge in [-0.3, -0.25) is 4.90 Å². The van der Waals surface area contributed by atoms with Crippen molar-refractivity contribution in [1.82, 2.24) is 10.2 Å². The van der Waals surface area contributed by atoms with Gasteiger partial charge in [0, 0.05) is 38.3 Å². The van der Waals surface area contributed by atoms with Gasteiger partial charge in [0.25, 0.3) is 0 Å². The minimum absolute atomic E-state index is 0.701. The molecule has 0 spiro atoms. The Kier molecular flexibility index (Phi) is 4.55. The van der Waals surface area contributed by atoms with E-state index in [-0.39, 0.29) is 0 Å². The van der Waals surface area contributed by atoms with Crippen LogP contribution in [0.1, 0.15) is 44.9 Å². The zero-order valence-electron chi connectivity index (χ0n) is 11.6. The molecule has 0 radical (unpaired) electrons. The summed E-state index contributed by atoms with van der Waals surface area (Å²) < 4.78 is 5.65. The Hall–Kier alpha value is -0.120. The summed E-state index contributed by atoms with van der Waals surface area (Å²) in [5.41, 5.74) is 0. The molecule has 2 unspecified atom stereocenters. The molecule has 18 heavy (non-hydrogen) atoms. The third-order valence-electron chi connectivity index (χ3n) is 5.11. The Morgan fingerprint density at radius 2 is 1.89 bits per heavy atom. The molecule has 1 N–H and O–H groups in total. The summed E-state index contributed by atoms with van der Waals surface area (Å²) in [7, 11) is 0. The zero-order valence-corrected chi connectivity index (χ0v) is 11.6. The number of hydrogen-bond donors (Lipinski definition) is 1. The van der Waals surface area contributed by atoms with Crippen molar-refractivity contribution in [2.75, 3.05) is 32.8 Å². The molecule has 3 heteroatoms. The van der Waals surface area contributed by atoms with Gasteiger partial charge < -0.3 is 10.1 Å². The molecule has 2 saturated heterocycles. The molecule has 2 aliphatic heterocycles. The van der Waals surface area contributed by atoms with Gasteiger partial charge in [-0.15, -0.1) is 0 Å². The number of nitrogens with one attached hydrogen (secondary N) is 1. The van der Waals surface area contributed by atoms with E-state index in [0.717, 1.165) is 25.2 Å². The van der Waals surface area contributed by atoms with E-state index in [0.29, 0.717) is 6.04 Å². The van der Waals surface area contributed by atoms with Crippen molar-refractivity contribution in [2.45, 2.75) is 57.0 Å². The first-order valence-electron chi connectivity index (χ1n) is 7.98. The fraction of sp³-hybridized carbons (Fsp3) is 1.00. The summed E-state index contributed by atoms with van der Waals surface area (Å²) in [5.74, 6) is 0.936. The van der Waals surface area contributed by atoms with E-state index in [4.69, 9.17) is 4.74 Å². The molecular formula is C15H28N2O. The first-order chi connectivity index (χ1) is 8.93. The van der Waals surface area contributed by atoms with Crippen LogP contribution in [0, 0.1) is 5.92 Å². The molecule has 3 nitrogen and oxygen atoms in total. The van der Waals surface area contributed by atoms with E-state index in [1.165, 1.54) is 64.6 Å². The second kappa shape index (κ2) is 6.36. The number of rotatable bonds is 2. The van der Waals surface area contributed by atoms with Crippen molar-refractivity contribution in [2.24, 2.45) is 5.92 Å². The van der Waals surface area contributed by atoms with E-state index in [9.17, 15) is 0 Å². The van der Waals surface area contributed by atoms with Crippen LogP contribution in [0.15, 0.2) is 0 Å². The highest BCUT2D eigenvalue weighted by atomic mass is 16.5. The van der Waals surface area contributed by atoms with Gasteiger partial charge in [-0.2, -0.15) is 0 Å². The molecule has 2 atom stereocenters. The van der Waals surface area contributed by atoms with E-state index in [1.807, 2.05) is 0 Å². The summed E-state index contributed by atoms with van der Waals surface area (Å²) in [4.78, 5) is 2.70. The normalized spacial score (nSPS) is 36.7. The fourth-order valence-electron chi connectivity index (χ4n) is 4.00. The molecule has 0 amide bonds. The third kappa shape index (κ3) is 3.06. The van der Waals surface area contributed by atoms with Crippen LogP contribution in [-0.2, 0) is 4.74 Å². The molecule has 0 aromatic rings. The van der Waals surface area contributed by atoms with Crippen LogP contribution in [0.4, 0.5) is 0 Å². The van der Waals surface area contributed by atoms with Crippen molar-refractivity contribution >= 4 is 0 Å². The first-order valence-corrected chi connectivity index (χ1v) is 7.98. The number of hydrogen-bond acceptors (Lipinski definition) is 3. The molecule has 3 rings (SSSR count). The van der Waals surface area contributed by atoms with Crippen molar-refractivity contribution < 1.29 is 4.74 Å². The first kappa shape index (κ1) is 12.9. The van der Waals surface area contributed by atoms with Gasteiger partial charge in [0.1, 0.15) is 0 Å². The quantitative estimate of drug-likeness (QED) is 0.814. The summed E-state index contributed by atoms with van der Waals surface area (Å²) >= 11 is 0. The number of nitrogens with zero attached hydrogens (tertiary/aromatic N) is 1. The summed E-state index contributed by atoms with van der Waals surface area (Å²) in [5, 5.41) is 3.78. The highest BCUT2D eigenvalue weighted by Crippen LogP contribution is 2.28. The van der Waals surface area contributed by atoms with Crippen LogP contribution in [0.3, 0.4) is 0 Å². The van der Waals surface area contributed by atoms with E-state index >= 15 is 0 Å². The zero-order chi connectivity index (χ0) is 12.2. The monoisotopic (exact) mass is 252 g/mol. The molecule has 0 bridgehead atoms. The maximum Gasteiger partial charge on any atom is 0.0621 e. The summed E-state index contributed by atoms with van der Waals surface area (Å²) in [6.45, 7) is 5.61. The van der Waals surface area contributed by atoms with Crippen LogP contribution < -0.4 is 5.32 Å². The Balaban J connectivity index is 1.53. The fourth-order valence-corrected chi connectivity index (χ4v) is 4.00. The van der Waals surface area contributed by atoms with Crippen LogP contribution in [0.25, 0.3) is 0 Å². The van der Waals surface area contributed by atoms with Crippen LogP contribution in [0.5, 0.6) is 0 Å². The Morgan fingerprint density at radius 1 is 1.00 bits per heavy atom. The van der Waals surface area contributed by atoms with E-state index < -0.39 is 0 Å². The standard InChI is InChI=1S/C15H28N2O/c1-2-5-13(6-3-1)15-11-17(9-8-16-15)14-7-4-10-18-12-14/h13-16H,1-12H2. The average molecular weight is 252 g/mol. The maximum absolute atomic E-state index is 5.65. The lowest BCUT2D eigenvalue weighted by Gasteiger charge is -2.43. The minimum atomic E-state index is 0.701. The third-order valence-corrected chi connectivity index (χ3v) is 5.11. The van der Waals surface area contributed by atoms with Gasteiger partial charge in [-0.25, -0.2) is 0 Å². The second-order valence-electron chi connectivity index (χ2n) is 6.32. The Morgan fingerprint density at radius 3 is 2.67 bits per heavy atom. The van der Waals surface area contributed by atoms with Gasteiger partial charge >= 0.3 is 0 Å². The highest BCUT2D eigenvalue weighted by Gasteiger charge is 2.31. The predicted molar refractivity (Wildman–Crippen MR) is 73.8 cm³/mol. The lowest BCUT2D eigenvalue weighted by molar-refractivity contribution is 0.00147. The van der Waals surface area contributed by atoms with Crippen molar-refractivity contribution in [3.63, 3.8) is 0 Å². The van der Waals surface area contributed by atoms with Crippen LogP contribution in [0.2, 0.25) is 0 Å². The minimum Gasteiger partial charge on any atom is -0.380 e. The SMILES string of the molecule is C1CCC(C2CN(C3CCCOC3)CCN2)CC1. The van der Waals surface area contributed by atoms with Crippen molar-refractivity contribution in [1.29, 1.82) is 0 Å². The van der Waals surface area contributed by atoms with Gasteiger partial charge in [-0.1, -0.05) is 19.3 Å². The maximum atomic E-state index is 5.65. The molecule has 1 aliphatic carbocycles. The lowest BCUT2D eigenvalue weighted by atomic mass is 9.83. The molecule has 104 valence electrons. The summed E-state index contributed by atoms with van der Waals surface area (Å²) in [6, 6.07) is 1.45. The molecule has 0 aromatic carbocycles. The number of ether oxygens (including phenoxy) is 1. The highest BCUT2D eigenvalue weighted by molar-refractivity contribution is 4.88. The predicted octanol–water partition coefficient (Wildman–Crippen LogP) is 2.02. The smallest absolute Gasteiger partial charge is 0.0621 e. The second-order valence-corrected chi connectivity index (χ2v) is 6.32. The summed E-state index contributed by atoms with van der Waals surface area (Å²) in [6.07, 6.45) is 9.87.